The quantitative estimate of drug-likeness (QED) is 0.545. The molecule has 0 bridgehead atoms. The Hall–Kier alpha value is -2.46. The molecule has 2 heterocycles. The van der Waals surface area contributed by atoms with Gasteiger partial charge in [0.05, 0.1) is 0 Å². The van der Waals surface area contributed by atoms with Gasteiger partial charge in [-0.1, -0.05) is 40.2 Å². The number of rotatable bonds is 4. The molecule has 1 unspecified atom stereocenters. The molecule has 0 aromatic heterocycles. The van der Waals surface area contributed by atoms with Crippen molar-refractivity contribution in [2.45, 2.75) is 37.0 Å². The first kappa shape index (κ1) is 25.6. The van der Waals surface area contributed by atoms with Crippen molar-refractivity contribution >= 4 is 27.7 Å². The lowest BCUT2D eigenvalue weighted by atomic mass is 9.62. The van der Waals surface area contributed by atoms with E-state index in [2.05, 4.69) is 21.2 Å². The van der Waals surface area contributed by atoms with Crippen molar-refractivity contribution in [3.63, 3.8) is 0 Å². The SMILES string of the molecule is COC(C(=O)N1CCC2(CC1)CC(=O)NC[C@H]2c1ccc(F)cc1)(c1cccc(Br)c1)C(F)(F)F. The van der Waals surface area contributed by atoms with Crippen molar-refractivity contribution in [3.05, 3.63) is 69.9 Å². The van der Waals surface area contributed by atoms with Crippen LogP contribution < -0.4 is 5.32 Å². The minimum Gasteiger partial charge on any atom is -0.356 e. The zero-order valence-electron chi connectivity index (χ0n) is 19.0. The van der Waals surface area contributed by atoms with Crippen LogP contribution in [0.4, 0.5) is 17.6 Å². The van der Waals surface area contributed by atoms with Crippen LogP contribution in [0.5, 0.6) is 0 Å². The molecule has 2 aliphatic heterocycles. The number of carbonyl (C=O) groups excluding carboxylic acids is 2. The fourth-order valence-corrected chi connectivity index (χ4v) is 5.84. The number of methoxy groups -OCH3 is 1. The van der Waals surface area contributed by atoms with E-state index in [1.165, 1.54) is 35.2 Å². The molecular weight excluding hydrogens is 532 g/mol. The summed E-state index contributed by atoms with van der Waals surface area (Å²) in [6.45, 7) is 0.430. The number of piperidine rings is 2. The Kier molecular flexibility index (Phi) is 6.98. The Morgan fingerprint density at radius 2 is 1.80 bits per heavy atom. The van der Waals surface area contributed by atoms with E-state index in [0.717, 1.165) is 12.7 Å². The summed E-state index contributed by atoms with van der Waals surface area (Å²) < 4.78 is 62.2. The molecule has 10 heteroatoms. The highest BCUT2D eigenvalue weighted by Gasteiger charge is 2.64. The largest absolute Gasteiger partial charge is 0.430 e. The van der Waals surface area contributed by atoms with Crippen molar-refractivity contribution in [1.29, 1.82) is 0 Å². The first-order valence-corrected chi connectivity index (χ1v) is 12.0. The first-order valence-electron chi connectivity index (χ1n) is 11.2. The number of carbonyl (C=O) groups is 2. The molecule has 35 heavy (non-hydrogen) atoms. The van der Waals surface area contributed by atoms with E-state index in [4.69, 9.17) is 4.74 Å². The molecule has 0 radical (unpaired) electrons. The maximum absolute atomic E-state index is 14.4. The number of nitrogens with zero attached hydrogens (tertiary/aromatic N) is 1. The number of alkyl halides is 3. The lowest BCUT2D eigenvalue weighted by Crippen LogP contribution is -2.60. The van der Waals surface area contributed by atoms with Crippen LogP contribution >= 0.6 is 15.9 Å². The molecule has 188 valence electrons. The molecule has 2 fully saturated rings. The van der Waals surface area contributed by atoms with Gasteiger partial charge in [-0.25, -0.2) is 4.39 Å². The molecule has 2 saturated heterocycles. The van der Waals surface area contributed by atoms with Gasteiger partial charge >= 0.3 is 6.18 Å². The summed E-state index contributed by atoms with van der Waals surface area (Å²) in [6, 6.07) is 11.5. The van der Waals surface area contributed by atoms with Gasteiger partial charge in [-0.3, -0.25) is 9.59 Å². The van der Waals surface area contributed by atoms with E-state index in [9.17, 15) is 27.2 Å². The molecule has 1 spiro atoms. The number of hydrogen-bond donors (Lipinski definition) is 1. The summed E-state index contributed by atoms with van der Waals surface area (Å²) in [4.78, 5) is 27.0. The number of nitrogens with one attached hydrogen (secondary N) is 1. The van der Waals surface area contributed by atoms with Gasteiger partial charge in [0.1, 0.15) is 5.82 Å². The molecule has 0 saturated carbocycles. The van der Waals surface area contributed by atoms with Gasteiger partial charge in [0, 0.05) is 49.1 Å². The highest BCUT2D eigenvalue weighted by Crippen LogP contribution is 2.50. The lowest BCUT2D eigenvalue weighted by Gasteiger charge is -2.50. The van der Waals surface area contributed by atoms with Crippen LogP contribution in [-0.2, 0) is 19.9 Å². The van der Waals surface area contributed by atoms with E-state index >= 15 is 0 Å². The third-order valence-electron chi connectivity index (χ3n) is 7.31. The smallest absolute Gasteiger partial charge is 0.356 e. The molecule has 5 nitrogen and oxygen atoms in total. The normalized spacial score (nSPS) is 21.9. The second-order valence-electron chi connectivity index (χ2n) is 9.13. The monoisotopic (exact) mass is 556 g/mol. The molecule has 0 aliphatic carbocycles. The van der Waals surface area contributed by atoms with Gasteiger partial charge < -0.3 is 15.0 Å². The standard InChI is InChI=1S/C25H25BrF4N2O3/c1-35-24(25(28,29)30,17-3-2-4-18(26)13-17)22(34)32-11-9-23(10-12-32)14-21(33)31-15-20(23)16-5-7-19(27)8-6-16/h2-8,13,20H,9-12,14-15H2,1H3,(H,31,33)/t20-,24?/m0/s1. The van der Waals surface area contributed by atoms with Gasteiger partial charge in [-0.15, -0.1) is 0 Å². The third kappa shape index (κ3) is 4.58. The predicted octanol–water partition coefficient (Wildman–Crippen LogP) is 4.90. The summed E-state index contributed by atoms with van der Waals surface area (Å²) in [5.41, 5.74) is -3.15. The molecule has 4 rings (SSSR count). The van der Waals surface area contributed by atoms with Gasteiger partial charge in [0.2, 0.25) is 5.91 Å². The lowest BCUT2D eigenvalue weighted by molar-refractivity contribution is -0.271. The van der Waals surface area contributed by atoms with Crippen LogP contribution in [0.1, 0.15) is 36.3 Å². The Morgan fingerprint density at radius 3 is 2.37 bits per heavy atom. The highest BCUT2D eigenvalue weighted by atomic mass is 79.9. The fourth-order valence-electron chi connectivity index (χ4n) is 5.44. The molecule has 2 aliphatic rings. The Morgan fingerprint density at radius 1 is 1.14 bits per heavy atom. The first-order chi connectivity index (χ1) is 16.5. The molecule has 2 amide bonds. The topological polar surface area (TPSA) is 58.6 Å². The highest BCUT2D eigenvalue weighted by molar-refractivity contribution is 9.10. The molecule has 2 atom stereocenters. The maximum atomic E-state index is 14.4. The maximum Gasteiger partial charge on any atom is 0.430 e. The molecule has 2 aromatic rings. The molecule has 1 N–H and O–H groups in total. The van der Waals surface area contributed by atoms with Gasteiger partial charge in [-0.2, -0.15) is 13.2 Å². The zero-order valence-corrected chi connectivity index (χ0v) is 20.6. The Balaban J connectivity index is 1.63. The van der Waals surface area contributed by atoms with E-state index in [1.807, 2.05) is 0 Å². The van der Waals surface area contributed by atoms with Crippen LogP contribution in [0.25, 0.3) is 0 Å². The van der Waals surface area contributed by atoms with E-state index in [-0.39, 0.29) is 42.7 Å². The van der Waals surface area contributed by atoms with Gasteiger partial charge in [0.15, 0.2) is 0 Å². The second kappa shape index (κ2) is 9.54. The van der Waals surface area contributed by atoms with E-state index in [1.54, 1.807) is 18.2 Å². The summed E-state index contributed by atoms with van der Waals surface area (Å²) in [6.07, 6.45) is -4.14. The number of halogens is 5. The second-order valence-corrected chi connectivity index (χ2v) is 10.0. The van der Waals surface area contributed by atoms with Gasteiger partial charge in [-0.05, 0) is 48.1 Å². The summed E-state index contributed by atoms with van der Waals surface area (Å²) >= 11 is 3.17. The van der Waals surface area contributed by atoms with Crippen LogP contribution in [0.15, 0.2) is 53.0 Å². The summed E-state index contributed by atoms with van der Waals surface area (Å²) in [5.74, 6) is -1.84. The van der Waals surface area contributed by atoms with Gasteiger partial charge in [0.25, 0.3) is 11.5 Å². The third-order valence-corrected chi connectivity index (χ3v) is 7.80. The van der Waals surface area contributed by atoms with Crippen LogP contribution in [0.3, 0.4) is 0 Å². The zero-order chi connectivity index (χ0) is 25.4. The average molecular weight is 557 g/mol. The van der Waals surface area contributed by atoms with Crippen molar-refractivity contribution < 1.29 is 31.9 Å². The fraction of sp³-hybridized carbons (Fsp3) is 0.440. The number of ether oxygens (including phenoxy) is 1. The minimum absolute atomic E-state index is 0.0407. The number of likely N-dealkylation sites (tertiary alicyclic amines) is 1. The summed E-state index contributed by atoms with van der Waals surface area (Å²) in [7, 11) is 0.883. The Labute approximate surface area is 208 Å². The van der Waals surface area contributed by atoms with Crippen molar-refractivity contribution in [2.24, 2.45) is 5.41 Å². The average Bonchev–Trinajstić information content (AvgIpc) is 2.80. The van der Waals surface area contributed by atoms with E-state index in [0.29, 0.717) is 23.9 Å². The van der Waals surface area contributed by atoms with Crippen LogP contribution in [0.2, 0.25) is 0 Å². The predicted molar refractivity (Wildman–Crippen MR) is 124 cm³/mol. The molecular formula is C25H25BrF4N2O3. The van der Waals surface area contributed by atoms with E-state index < -0.39 is 23.1 Å². The van der Waals surface area contributed by atoms with Crippen molar-refractivity contribution in [1.82, 2.24) is 10.2 Å². The van der Waals surface area contributed by atoms with Crippen molar-refractivity contribution in [2.75, 3.05) is 26.7 Å². The number of hydrogen-bond acceptors (Lipinski definition) is 3. The van der Waals surface area contributed by atoms with Crippen LogP contribution in [-0.4, -0.2) is 49.6 Å². The van der Waals surface area contributed by atoms with Crippen molar-refractivity contribution in [3.8, 4) is 0 Å². The minimum atomic E-state index is -5.00. The number of benzene rings is 2. The number of amides is 2. The Bertz CT molecular complexity index is 1100. The molecule has 2 aromatic carbocycles. The summed E-state index contributed by atoms with van der Waals surface area (Å²) in [5, 5.41) is 2.84. The van der Waals surface area contributed by atoms with Crippen LogP contribution in [0, 0.1) is 11.2 Å².